The molecule has 1 fully saturated rings. The first kappa shape index (κ1) is 12.3. The van der Waals surface area contributed by atoms with E-state index in [4.69, 9.17) is 4.42 Å². The van der Waals surface area contributed by atoms with Gasteiger partial charge in [-0.25, -0.2) is 4.79 Å². The van der Waals surface area contributed by atoms with Gasteiger partial charge in [0.1, 0.15) is 0 Å². The summed E-state index contributed by atoms with van der Waals surface area (Å²) in [5.41, 5.74) is -0.824. The molecule has 1 aliphatic rings. The minimum Gasteiger partial charge on any atom is -0.417 e. The van der Waals surface area contributed by atoms with Crippen molar-refractivity contribution in [1.29, 1.82) is 0 Å². The molecule has 0 saturated heterocycles. The Hall–Kier alpha value is -2.70. The van der Waals surface area contributed by atoms with Gasteiger partial charge in [-0.2, -0.15) is 0 Å². The van der Waals surface area contributed by atoms with Gasteiger partial charge in [-0.05, 0) is 30.4 Å². The van der Waals surface area contributed by atoms with E-state index in [9.17, 15) is 19.7 Å². The molecule has 0 radical (unpaired) electrons. The third-order valence-electron chi connectivity index (χ3n) is 3.09. The lowest BCUT2D eigenvalue weighted by atomic mass is 10.1. The monoisotopic (exact) mass is 274 g/mol. The van der Waals surface area contributed by atoms with Crippen LogP contribution in [0.5, 0.6) is 0 Å². The van der Waals surface area contributed by atoms with Crippen LogP contribution in [-0.4, -0.2) is 16.9 Å². The molecule has 7 nitrogen and oxygen atoms in total. The summed E-state index contributed by atoms with van der Waals surface area (Å²) in [6.45, 7) is 0. The number of non-ortho nitro benzene ring substituents is 1. The first-order valence-electron chi connectivity index (χ1n) is 6.08. The summed E-state index contributed by atoms with van der Waals surface area (Å²) in [6.07, 6.45) is 1.82. The average Bonchev–Trinajstić information content (AvgIpc) is 3.21. The highest BCUT2D eigenvalue weighted by molar-refractivity contribution is 5.95. The topological polar surface area (TPSA) is 102 Å². The molecule has 2 aromatic rings. The lowest BCUT2D eigenvalue weighted by molar-refractivity contribution is -0.384. The predicted molar refractivity (Wildman–Crippen MR) is 69.6 cm³/mol. The predicted octanol–water partition coefficient (Wildman–Crippen LogP) is 1.59. The Morgan fingerprint density at radius 3 is 2.75 bits per heavy atom. The van der Waals surface area contributed by atoms with Crippen LogP contribution < -0.4 is 10.9 Å². The van der Waals surface area contributed by atoms with Gasteiger partial charge in [-0.15, -0.1) is 0 Å². The zero-order valence-electron chi connectivity index (χ0n) is 10.3. The zero-order chi connectivity index (χ0) is 14.3. The molecule has 0 spiro atoms. The Bertz CT molecular complexity index is 776. The largest absolute Gasteiger partial charge is 0.417 e. The molecular formula is C13H10N2O5. The van der Waals surface area contributed by atoms with Crippen molar-refractivity contribution in [3.63, 3.8) is 0 Å². The van der Waals surface area contributed by atoms with Crippen molar-refractivity contribution in [2.75, 3.05) is 0 Å². The Labute approximate surface area is 112 Å². The van der Waals surface area contributed by atoms with Crippen LogP contribution in [0.2, 0.25) is 0 Å². The minimum atomic E-state index is -0.682. The van der Waals surface area contributed by atoms with Crippen LogP contribution >= 0.6 is 0 Å². The molecule has 1 amide bonds. The van der Waals surface area contributed by atoms with Gasteiger partial charge < -0.3 is 9.73 Å². The van der Waals surface area contributed by atoms with E-state index in [1.165, 1.54) is 24.3 Å². The summed E-state index contributed by atoms with van der Waals surface area (Å²) in [6, 6.07) is 5.28. The highest BCUT2D eigenvalue weighted by Gasteiger charge is 2.25. The fraction of sp³-hybridized carbons (Fsp3) is 0.231. The normalized spacial score (nSPS) is 14.2. The molecule has 0 aliphatic heterocycles. The quantitative estimate of drug-likeness (QED) is 0.676. The second-order valence-electron chi connectivity index (χ2n) is 4.67. The maximum atomic E-state index is 11.8. The van der Waals surface area contributed by atoms with Gasteiger partial charge >= 0.3 is 5.63 Å². The van der Waals surface area contributed by atoms with Crippen LogP contribution in [0, 0.1) is 10.1 Å². The van der Waals surface area contributed by atoms with Crippen LogP contribution in [0.4, 0.5) is 5.69 Å². The fourth-order valence-corrected chi connectivity index (χ4v) is 1.89. The number of nitrogens with zero attached hydrogens (tertiary/aromatic N) is 1. The number of carbonyl (C=O) groups is 1. The number of nitrogens with one attached hydrogen (secondary N) is 1. The number of hydrogen-bond donors (Lipinski definition) is 1. The fourth-order valence-electron chi connectivity index (χ4n) is 1.89. The number of carbonyl (C=O) groups excluding carboxylic acids is 1. The molecule has 1 aromatic carbocycles. The lowest BCUT2D eigenvalue weighted by Gasteiger charge is -2.03. The molecule has 102 valence electrons. The lowest BCUT2D eigenvalue weighted by Crippen LogP contribution is -2.26. The van der Waals surface area contributed by atoms with Crippen molar-refractivity contribution in [3.8, 4) is 0 Å². The van der Waals surface area contributed by atoms with Gasteiger partial charge in [-0.1, -0.05) is 0 Å². The summed E-state index contributed by atoms with van der Waals surface area (Å²) < 4.78 is 4.94. The Morgan fingerprint density at radius 1 is 1.35 bits per heavy atom. The third kappa shape index (κ3) is 2.25. The van der Waals surface area contributed by atoms with Crippen molar-refractivity contribution in [1.82, 2.24) is 5.32 Å². The van der Waals surface area contributed by atoms with Gasteiger partial charge in [0.25, 0.3) is 11.6 Å². The molecule has 0 unspecified atom stereocenters. The number of hydrogen-bond acceptors (Lipinski definition) is 5. The van der Waals surface area contributed by atoms with Gasteiger partial charge in [0.05, 0.1) is 10.3 Å². The van der Waals surface area contributed by atoms with Crippen molar-refractivity contribution >= 4 is 22.4 Å². The molecular weight excluding hydrogens is 264 g/mol. The Kier molecular flexibility index (Phi) is 2.74. The van der Waals surface area contributed by atoms with E-state index in [-0.39, 0.29) is 22.9 Å². The molecule has 1 saturated carbocycles. The SMILES string of the molecule is O=C(NC1CC1)c1cc2cc([N+](=O)[O-])ccc2c(=O)o1. The summed E-state index contributed by atoms with van der Waals surface area (Å²) in [5, 5.41) is 13.9. The van der Waals surface area contributed by atoms with Crippen LogP contribution in [0.1, 0.15) is 23.4 Å². The second-order valence-corrected chi connectivity index (χ2v) is 4.67. The standard InChI is InChI=1S/C13H10N2O5/c16-12(14-8-1-2-8)11-6-7-5-9(15(18)19)3-4-10(7)13(17)20-11/h3-6,8H,1-2H2,(H,14,16). The molecule has 0 atom stereocenters. The van der Waals surface area contributed by atoms with E-state index >= 15 is 0 Å². The van der Waals surface area contributed by atoms with E-state index in [2.05, 4.69) is 5.32 Å². The number of nitro groups is 1. The van der Waals surface area contributed by atoms with Crippen LogP contribution in [0.25, 0.3) is 10.8 Å². The minimum absolute atomic E-state index is 0.130. The Balaban J connectivity index is 2.08. The zero-order valence-corrected chi connectivity index (χ0v) is 10.3. The highest BCUT2D eigenvalue weighted by Crippen LogP contribution is 2.21. The molecule has 1 heterocycles. The number of rotatable bonds is 3. The number of amides is 1. The number of nitro benzene ring substituents is 1. The van der Waals surface area contributed by atoms with E-state index in [1.807, 2.05) is 0 Å². The molecule has 3 rings (SSSR count). The maximum absolute atomic E-state index is 11.8. The number of fused-ring (bicyclic) bond motifs is 1. The van der Waals surface area contributed by atoms with E-state index in [1.54, 1.807) is 0 Å². The Morgan fingerprint density at radius 2 is 2.10 bits per heavy atom. The van der Waals surface area contributed by atoms with Crippen molar-refractivity contribution in [2.24, 2.45) is 0 Å². The van der Waals surface area contributed by atoms with Crippen molar-refractivity contribution < 1.29 is 14.1 Å². The van der Waals surface area contributed by atoms with E-state index < -0.39 is 16.5 Å². The van der Waals surface area contributed by atoms with Crippen LogP contribution in [-0.2, 0) is 0 Å². The first-order chi connectivity index (χ1) is 9.54. The third-order valence-corrected chi connectivity index (χ3v) is 3.09. The first-order valence-corrected chi connectivity index (χ1v) is 6.08. The van der Waals surface area contributed by atoms with Gasteiger partial charge in [0.15, 0.2) is 5.76 Å². The molecule has 1 aliphatic carbocycles. The van der Waals surface area contributed by atoms with E-state index in [0.717, 1.165) is 12.8 Å². The molecule has 1 aromatic heterocycles. The summed E-state index contributed by atoms with van der Waals surface area (Å²) in [7, 11) is 0. The molecule has 1 N–H and O–H groups in total. The summed E-state index contributed by atoms with van der Waals surface area (Å²) >= 11 is 0. The van der Waals surface area contributed by atoms with Crippen LogP contribution in [0.3, 0.4) is 0 Å². The summed E-state index contributed by atoms with van der Waals surface area (Å²) in [4.78, 5) is 33.8. The smallest absolute Gasteiger partial charge is 0.344 e. The number of benzene rings is 1. The average molecular weight is 274 g/mol. The van der Waals surface area contributed by atoms with Crippen molar-refractivity contribution in [3.05, 3.63) is 50.6 Å². The summed E-state index contributed by atoms with van der Waals surface area (Å²) in [5.74, 6) is -0.604. The molecule has 7 heteroatoms. The van der Waals surface area contributed by atoms with Gasteiger partial charge in [0.2, 0.25) is 0 Å². The second kappa shape index (κ2) is 4.44. The molecule has 20 heavy (non-hydrogen) atoms. The van der Waals surface area contributed by atoms with Gasteiger partial charge in [-0.3, -0.25) is 14.9 Å². The maximum Gasteiger partial charge on any atom is 0.344 e. The van der Waals surface area contributed by atoms with Crippen LogP contribution in [0.15, 0.2) is 33.5 Å². The molecule has 0 bridgehead atoms. The van der Waals surface area contributed by atoms with Gasteiger partial charge in [0, 0.05) is 18.2 Å². The van der Waals surface area contributed by atoms with E-state index in [0.29, 0.717) is 5.39 Å². The van der Waals surface area contributed by atoms with Crippen molar-refractivity contribution in [2.45, 2.75) is 18.9 Å². The highest BCUT2D eigenvalue weighted by atomic mass is 16.6.